The zero-order chi connectivity index (χ0) is 19.8. The minimum Gasteiger partial charge on any atom is -0.385 e. The molecule has 28 heavy (non-hydrogen) atoms. The van der Waals surface area contributed by atoms with Crippen molar-refractivity contribution < 1.29 is 4.74 Å². The summed E-state index contributed by atoms with van der Waals surface area (Å²) in [5.74, 6) is 1.76. The van der Waals surface area contributed by atoms with Crippen LogP contribution in [0.3, 0.4) is 0 Å². The molecule has 1 heterocycles. The van der Waals surface area contributed by atoms with Crippen LogP contribution in [-0.2, 0) is 17.8 Å². The number of hydrogen-bond donors (Lipinski definition) is 1. The summed E-state index contributed by atoms with van der Waals surface area (Å²) < 4.78 is 5.15. The fraction of sp³-hybridized carbons (Fsp3) is 0.391. The molecule has 5 nitrogen and oxygen atoms in total. The van der Waals surface area contributed by atoms with Crippen molar-refractivity contribution in [2.75, 3.05) is 32.1 Å². The second kappa shape index (κ2) is 10.2. The predicted molar refractivity (Wildman–Crippen MR) is 115 cm³/mol. The molecule has 0 radical (unpaired) electrons. The largest absolute Gasteiger partial charge is 0.385 e. The summed E-state index contributed by atoms with van der Waals surface area (Å²) >= 11 is 0. The second-order valence-corrected chi connectivity index (χ2v) is 7.07. The Balaban J connectivity index is 1.82. The van der Waals surface area contributed by atoms with Gasteiger partial charge in [0.15, 0.2) is 0 Å². The first-order chi connectivity index (χ1) is 13.7. The Kier molecular flexibility index (Phi) is 7.34. The molecule has 0 spiro atoms. The number of nitrogens with zero attached hydrogens (tertiary/aromatic N) is 3. The van der Waals surface area contributed by atoms with Gasteiger partial charge >= 0.3 is 0 Å². The van der Waals surface area contributed by atoms with E-state index in [-0.39, 0.29) is 0 Å². The minimum absolute atomic E-state index is 0.724. The maximum Gasteiger partial charge on any atom is 0.145 e. The Morgan fingerprint density at radius 2 is 1.86 bits per heavy atom. The first kappa shape index (κ1) is 20.2. The molecule has 5 heteroatoms. The molecule has 1 N–H and O–H groups in total. The highest BCUT2D eigenvalue weighted by Crippen LogP contribution is 2.22. The molecule has 1 aromatic heterocycles. The van der Waals surface area contributed by atoms with E-state index in [0.29, 0.717) is 0 Å². The Morgan fingerprint density at radius 3 is 2.61 bits per heavy atom. The Hall–Kier alpha value is -2.50. The van der Waals surface area contributed by atoms with E-state index < -0.39 is 0 Å². The second-order valence-electron chi connectivity index (χ2n) is 7.07. The average molecular weight is 379 g/mol. The van der Waals surface area contributed by atoms with E-state index >= 15 is 0 Å². The fourth-order valence-electron chi connectivity index (χ4n) is 3.24. The molecule has 0 saturated heterocycles. The summed E-state index contributed by atoms with van der Waals surface area (Å²) in [5, 5.41) is 4.56. The first-order valence-electron chi connectivity index (χ1n) is 9.96. The van der Waals surface area contributed by atoms with Gasteiger partial charge in [-0.1, -0.05) is 48.9 Å². The van der Waals surface area contributed by atoms with Crippen LogP contribution in [0.1, 0.15) is 30.3 Å². The number of benzene rings is 2. The highest BCUT2D eigenvalue weighted by atomic mass is 16.5. The third-order valence-electron chi connectivity index (χ3n) is 4.78. The van der Waals surface area contributed by atoms with E-state index in [9.17, 15) is 0 Å². The molecule has 0 aliphatic rings. The lowest BCUT2D eigenvalue weighted by atomic mass is 10.1. The van der Waals surface area contributed by atoms with Crippen molar-refractivity contribution in [1.29, 1.82) is 0 Å². The van der Waals surface area contributed by atoms with Crippen molar-refractivity contribution in [2.45, 2.75) is 33.4 Å². The maximum absolute atomic E-state index is 5.15. The van der Waals surface area contributed by atoms with Crippen LogP contribution >= 0.6 is 0 Å². The van der Waals surface area contributed by atoms with Gasteiger partial charge in [-0.2, -0.15) is 0 Å². The van der Waals surface area contributed by atoms with Crippen LogP contribution in [0, 0.1) is 6.92 Å². The number of aromatic nitrogens is 2. The highest BCUT2D eigenvalue weighted by molar-refractivity contribution is 5.89. The van der Waals surface area contributed by atoms with Gasteiger partial charge in [0, 0.05) is 32.2 Å². The van der Waals surface area contributed by atoms with Gasteiger partial charge in [0.1, 0.15) is 11.6 Å². The number of methoxy groups -OCH3 is 1. The molecule has 0 atom stereocenters. The summed E-state index contributed by atoms with van der Waals surface area (Å²) in [5.41, 5.74) is 3.50. The number of aryl methyl sites for hydroxylation is 1. The van der Waals surface area contributed by atoms with Gasteiger partial charge in [-0.3, -0.25) is 4.90 Å². The molecule has 0 aliphatic heterocycles. The van der Waals surface area contributed by atoms with Gasteiger partial charge in [0.25, 0.3) is 0 Å². The van der Waals surface area contributed by atoms with Crippen LogP contribution in [0.4, 0.5) is 5.82 Å². The SMILES string of the molecule is CCN(Cc1ccccc1)Cc1nc(NCCCOC)c2cc(C)ccc2n1. The zero-order valence-corrected chi connectivity index (χ0v) is 17.1. The first-order valence-corrected chi connectivity index (χ1v) is 9.96. The maximum atomic E-state index is 5.15. The molecule has 3 rings (SSSR count). The van der Waals surface area contributed by atoms with E-state index in [0.717, 1.165) is 61.8 Å². The van der Waals surface area contributed by atoms with E-state index in [4.69, 9.17) is 14.7 Å². The number of fused-ring (bicyclic) bond motifs is 1. The average Bonchev–Trinajstić information content (AvgIpc) is 2.71. The molecule has 0 aliphatic carbocycles. The number of rotatable bonds is 10. The van der Waals surface area contributed by atoms with Crippen molar-refractivity contribution in [3.63, 3.8) is 0 Å². The Labute approximate surface area is 167 Å². The zero-order valence-electron chi connectivity index (χ0n) is 17.1. The Bertz CT molecular complexity index is 882. The van der Waals surface area contributed by atoms with E-state index in [2.05, 4.69) is 72.6 Å². The van der Waals surface area contributed by atoms with Crippen LogP contribution in [-0.4, -0.2) is 41.7 Å². The molecule has 0 bridgehead atoms. The number of hydrogen-bond acceptors (Lipinski definition) is 5. The Morgan fingerprint density at radius 1 is 1.04 bits per heavy atom. The van der Waals surface area contributed by atoms with Crippen molar-refractivity contribution >= 4 is 16.7 Å². The molecule has 3 aromatic rings. The summed E-state index contributed by atoms with van der Waals surface area (Å²) in [7, 11) is 1.73. The normalized spacial score (nSPS) is 11.3. The lowest BCUT2D eigenvalue weighted by Crippen LogP contribution is -2.24. The van der Waals surface area contributed by atoms with Gasteiger partial charge in [0.05, 0.1) is 12.1 Å². The summed E-state index contributed by atoms with van der Waals surface area (Å²) in [6.45, 7) is 8.40. The molecule has 2 aromatic carbocycles. The number of ether oxygens (including phenoxy) is 1. The standard InChI is InChI=1S/C23H30N4O/c1-4-27(16-19-9-6-5-7-10-19)17-22-25-21-12-11-18(2)15-20(21)23(26-22)24-13-8-14-28-3/h5-7,9-12,15H,4,8,13-14,16-17H2,1-3H3,(H,24,25,26). The minimum atomic E-state index is 0.724. The molecular formula is C23H30N4O. The molecule has 148 valence electrons. The lowest BCUT2D eigenvalue weighted by molar-refractivity contribution is 0.198. The van der Waals surface area contributed by atoms with Crippen LogP contribution in [0.2, 0.25) is 0 Å². The van der Waals surface area contributed by atoms with Crippen molar-refractivity contribution in [1.82, 2.24) is 14.9 Å². The summed E-state index contributed by atoms with van der Waals surface area (Å²) in [4.78, 5) is 12.1. The van der Waals surface area contributed by atoms with E-state index in [1.807, 2.05) is 0 Å². The monoisotopic (exact) mass is 378 g/mol. The van der Waals surface area contributed by atoms with Gasteiger partial charge in [-0.25, -0.2) is 9.97 Å². The topological polar surface area (TPSA) is 50.3 Å². The van der Waals surface area contributed by atoms with Gasteiger partial charge < -0.3 is 10.1 Å². The smallest absolute Gasteiger partial charge is 0.145 e. The van der Waals surface area contributed by atoms with Gasteiger partial charge in [0.2, 0.25) is 0 Å². The number of nitrogens with one attached hydrogen (secondary N) is 1. The van der Waals surface area contributed by atoms with Crippen LogP contribution in [0.5, 0.6) is 0 Å². The highest BCUT2D eigenvalue weighted by Gasteiger charge is 2.12. The van der Waals surface area contributed by atoms with E-state index in [1.54, 1.807) is 7.11 Å². The van der Waals surface area contributed by atoms with Crippen LogP contribution < -0.4 is 5.32 Å². The third kappa shape index (κ3) is 5.50. The summed E-state index contributed by atoms with van der Waals surface area (Å²) in [6.07, 6.45) is 0.943. The van der Waals surface area contributed by atoms with Crippen molar-refractivity contribution in [3.05, 3.63) is 65.5 Å². The third-order valence-corrected chi connectivity index (χ3v) is 4.78. The number of anilines is 1. The van der Waals surface area contributed by atoms with Crippen LogP contribution in [0.25, 0.3) is 10.9 Å². The molecule has 0 unspecified atom stereocenters. The van der Waals surface area contributed by atoms with Crippen molar-refractivity contribution in [2.24, 2.45) is 0 Å². The predicted octanol–water partition coefficient (Wildman–Crippen LogP) is 4.41. The molecule has 0 saturated carbocycles. The van der Waals surface area contributed by atoms with Gasteiger partial charge in [-0.05, 0) is 37.6 Å². The van der Waals surface area contributed by atoms with Crippen LogP contribution in [0.15, 0.2) is 48.5 Å². The molecule has 0 amide bonds. The van der Waals surface area contributed by atoms with Crippen molar-refractivity contribution in [3.8, 4) is 0 Å². The lowest BCUT2D eigenvalue weighted by Gasteiger charge is -2.20. The molecular weight excluding hydrogens is 348 g/mol. The fourth-order valence-corrected chi connectivity index (χ4v) is 3.24. The summed E-state index contributed by atoms with van der Waals surface area (Å²) in [6, 6.07) is 16.9. The van der Waals surface area contributed by atoms with E-state index in [1.165, 1.54) is 11.1 Å². The van der Waals surface area contributed by atoms with Gasteiger partial charge in [-0.15, -0.1) is 0 Å². The quantitative estimate of drug-likeness (QED) is 0.530. The molecule has 0 fully saturated rings.